The van der Waals surface area contributed by atoms with Crippen LogP contribution in [0.5, 0.6) is 0 Å². The maximum Gasteiger partial charge on any atom is 0.309 e. The Hall–Kier alpha value is -2.64. The van der Waals surface area contributed by atoms with Crippen LogP contribution in [-0.2, 0) is 25.7 Å². The first-order chi connectivity index (χ1) is 24.3. The smallest absolute Gasteiger partial charge is 0.309 e. The Kier molecular flexibility index (Phi) is 10.4. The van der Waals surface area contributed by atoms with E-state index in [1.54, 1.807) is 13.8 Å². The first-order valence-corrected chi connectivity index (χ1v) is 20.5. The third kappa shape index (κ3) is 6.48. The zero-order valence-electron chi connectivity index (χ0n) is 33.9. The van der Waals surface area contributed by atoms with Gasteiger partial charge < -0.3 is 19.3 Å². The Labute approximate surface area is 313 Å². The minimum atomic E-state index is -1.15. The number of imidazole rings is 1. The lowest BCUT2D eigenvalue weighted by molar-refractivity contribution is -0.249. The molecule has 1 N–H and O–H groups in total. The second-order valence-electron chi connectivity index (χ2n) is 20.3. The van der Waals surface area contributed by atoms with E-state index in [4.69, 9.17) is 4.74 Å². The maximum atomic E-state index is 14.0. The van der Waals surface area contributed by atoms with E-state index in [2.05, 4.69) is 57.7 Å². The van der Waals surface area contributed by atoms with Crippen LogP contribution in [0.2, 0.25) is 0 Å². The molecule has 5 saturated carbocycles. The van der Waals surface area contributed by atoms with Crippen LogP contribution < -0.4 is 0 Å². The summed E-state index contributed by atoms with van der Waals surface area (Å²) in [5.41, 5.74) is 0.380. The summed E-state index contributed by atoms with van der Waals surface area (Å²) in [7, 11) is 1.99. The number of aliphatic carboxylic acids is 1. The van der Waals surface area contributed by atoms with Crippen LogP contribution >= 0.6 is 0 Å². The second-order valence-corrected chi connectivity index (χ2v) is 20.3. The van der Waals surface area contributed by atoms with Gasteiger partial charge in [0.1, 0.15) is 6.10 Å². The van der Waals surface area contributed by atoms with E-state index in [1.807, 2.05) is 30.7 Å². The van der Waals surface area contributed by atoms with Crippen LogP contribution in [0.25, 0.3) is 0 Å². The number of aryl methyl sites for hydroxylation is 1. The van der Waals surface area contributed by atoms with Gasteiger partial charge in [0, 0.05) is 44.4 Å². The average Bonchev–Trinajstić information content (AvgIpc) is 3.73. The van der Waals surface area contributed by atoms with Crippen LogP contribution in [0, 0.1) is 68.5 Å². The highest BCUT2D eigenvalue weighted by Crippen LogP contribution is 2.77. The predicted octanol–water partition coefficient (Wildman–Crippen LogP) is 9.05. The van der Waals surface area contributed by atoms with Gasteiger partial charge in [0.15, 0.2) is 0 Å². The van der Waals surface area contributed by atoms with Gasteiger partial charge in [-0.15, -0.1) is 0 Å². The Morgan fingerprint density at radius 2 is 1.73 bits per heavy atom. The van der Waals surface area contributed by atoms with Crippen molar-refractivity contribution in [2.75, 3.05) is 13.6 Å². The molecular formula is C44H69N3O5. The molecule has 1 aromatic rings. The molecule has 290 valence electrons. The van der Waals surface area contributed by atoms with Crippen LogP contribution in [0.1, 0.15) is 132 Å². The molecule has 0 saturated heterocycles. The Morgan fingerprint density at radius 3 is 2.38 bits per heavy atom. The summed E-state index contributed by atoms with van der Waals surface area (Å²) in [6.07, 6.45) is 17.0. The topological polar surface area (TPSA) is 102 Å². The SMILES string of the molecule is C=C(C)[C@@H]1CCC2[C@@H](CC(=O)N(C)CCCn3ccnc3)C[C@]3(C)[C@H](CC[C@@H]4[C@@]5(C)CC[C@H](OC(=O)CC(C)(C)C(=O)O)C(C)(C)[C@@H]5CC[C@]43C)[C@H]21. The van der Waals surface area contributed by atoms with E-state index in [1.165, 1.54) is 31.3 Å². The number of rotatable bonds is 11. The number of allylic oxidation sites excluding steroid dienone is 1. The second kappa shape index (κ2) is 13.9. The molecule has 0 aromatic carbocycles. The fourth-order valence-corrected chi connectivity index (χ4v) is 13.9. The summed E-state index contributed by atoms with van der Waals surface area (Å²) >= 11 is 0. The fourth-order valence-electron chi connectivity index (χ4n) is 13.9. The number of nitrogens with zero attached hydrogens (tertiary/aromatic N) is 3. The zero-order chi connectivity index (χ0) is 38.0. The van der Waals surface area contributed by atoms with Gasteiger partial charge in [-0.3, -0.25) is 14.4 Å². The number of esters is 1. The van der Waals surface area contributed by atoms with E-state index in [9.17, 15) is 19.5 Å². The fraction of sp³-hybridized carbons (Fsp3) is 0.818. The van der Waals surface area contributed by atoms with Crippen molar-refractivity contribution in [1.29, 1.82) is 0 Å². The molecule has 5 fully saturated rings. The molecule has 1 heterocycles. The van der Waals surface area contributed by atoms with Gasteiger partial charge in [-0.25, -0.2) is 4.98 Å². The van der Waals surface area contributed by atoms with Crippen molar-refractivity contribution >= 4 is 17.8 Å². The van der Waals surface area contributed by atoms with Crippen LogP contribution in [0.3, 0.4) is 0 Å². The number of hydrogen-bond donors (Lipinski definition) is 1. The lowest BCUT2D eigenvalue weighted by Crippen LogP contribution is -2.66. The normalized spacial score (nSPS) is 39.3. The summed E-state index contributed by atoms with van der Waals surface area (Å²) in [5, 5.41) is 9.63. The highest BCUT2D eigenvalue weighted by molar-refractivity contribution is 5.81. The summed E-state index contributed by atoms with van der Waals surface area (Å²) < 4.78 is 8.28. The quantitative estimate of drug-likeness (QED) is 0.181. The highest BCUT2D eigenvalue weighted by atomic mass is 16.5. The number of fused-ring (bicyclic) bond motifs is 7. The molecule has 11 atom stereocenters. The summed E-state index contributed by atoms with van der Waals surface area (Å²) in [5.74, 6) is 2.67. The minimum Gasteiger partial charge on any atom is -0.481 e. The number of carboxylic acid groups (broad SMARTS) is 1. The largest absolute Gasteiger partial charge is 0.481 e. The van der Waals surface area contributed by atoms with Gasteiger partial charge in [0.05, 0.1) is 18.2 Å². The van der Waals surface area contributed by atoms with Crippen molar-refractivity contribution in [2.24, 2.45) is 68.5 Å². The minimum absolute atomic E-state index is 0.115. The molecule has 0 spiro atoms. The first-order valence-electron chi connectivity index (χ1n) is 20.5. The number of hydrogen-bond acceptors (Lipinski definition) is 5. The number of ether oxygens (including phenoxy) is 1. The molecule has 1 aromatic heterocycles. The van der Waals surface area contributed by atoms with E-state index in [0.717, 1.165) is 51.6 Å². The molecule has 5 aliphatic rings. The number of carbonyl (C=O) groups is 3. The third-order valence-electron chi connectivity index (χ3n) is 16.8. The first kappa shape index (κ1) is 39.1. The molecule has 1 unspecified atom stereocenters. The van der Waals surface area contributed by atoms with Gasteiger partial charge in [0.25, 0.3) is 0 Å². The lowest BCUT2D eigenvalue weighted by atomic mass is 9.32. The summed E-state index contributed by atoms with van der Waals surface area (Å²) in [4.78, 5) is 45.0. The molecule has 0 bridgehead atoms. The van der Waals surface area contributed by atoms with Crippen molar-refractivity contribution in [3.63, 3.8) is 0 Å². The molecule has 5 aliphatic carbocycles. The average molecular weight is 720 g/mol. The van der Waals surface area contributed by atoms with Crippen LogP contribution in [0.15, 0.2) is 30.9 Å². The van der Waals surface area contributed by atoms with Crippen molar-refractivity contribution in [2.45, 2.75) is 145 Å². The van der Waals surface area contributed by atoms with Crippen molar-refractivity contribution < 1.29 is 24.2 Å². The molecule has 0 aliphatic heterocycles. The third-order valence-corrected chi connectivity index (χ3v) is 16.8. The van der Waals surface area contributed by atoms with Crippen molar-refractivity contribution in [3.8, 4) is 0 Å². The van der Waals surface area contributed by atoms with Crippen molar-refractivity contribution in [1.82, 2.24) is 14.5 Å². The van der Waals surface area contributed by atoms with E-state index >= 15 is 0 Å². The molecule has 8 heteroatoms. The Bertz CT molecular complexity index is 1520. The van der Waals surface area contributed by atoms with Gasteiger partial charge >= 0.3 is 11.9 Å². The number of amides is 1. The summed E-state index contributed by atoms with van der Waals surface area (Å²) in [6.45, 7) is 24.1. The van der Waals surface area contributed by atoms with E-state index < -0.39 is 17.4 Å². The monoisotopic (exact) mass is 720 g/mol. The highest BCUT2D eigenvalue weighted by Gasteiger charge is 2.70. The van der Waals surface area contributed by atoms with E-state index in [-0.39, 0.29) is 34.2 Å². The van der Waals surface area contributed by atoms with Crippen molar-refractivity contribution in [3.05, 3.63) is 30.9 Å². The number of carboxylic acids is 1. The number of carbonyl (C=O) groups excluding carboxylic acids is 2. The maximum absolute atomic E-state index is 14.0. The molecular weight excluding hydrogens is 651 g/mol. The molecule has 1 amide bonds. The molecule has 0 radical (unpaired) electrons. The Morgan fingerprint density at radius 1 is 1.00 bits per heavy atom. The van der Waals surface area contributed by atoms with Crippen LogP contribution in [-0.4, -0.2) is 57.1 Å². The molecule has 52 heavy (non-hydrogen) atoms. The molecule has 6 rings (SSSR count). The number of aromatic nitrogens is 2. The van der Waals surface area contributed by atoms with Crippen LogP contribution in [0.4, 0.5) is 0 Å². The lowest BCUT2D eigenvalue weighted by Gasteiger charge is -2.73. The summed E-state index contributed by atoms with van der Waals surface area (Å²) in [6, 6.07) is 0. The predicted molar refractivity (Wildman–Crippen MR) is 204 cm³/mol. The standard InChI is InChI=1S/C44H69N3O5/c1-28(2)30-12-13-31-29(24-36(48)46(10)21-11-22-47-23-20-45-27-47)25-44(9)32(38(30)31)14-15-34-42(7)18-17-35(52-37(49)26-40(3,4)39(50)51)41(5,6)33(42)16-19-43(34,44)8/h20,23,27,29-35,38H,1,11-19,21-22,24-26H2,2-10H3,(H,50,51)/t29-,30-,31?,32+,33-,34+,35-,38-,42-,43+,44+/m0/s1. The zero-order valence-corrected chi connectivity index (χ0v) is 33.9. The van der Waals surface area contributed by atoms with Gasteiger partial charge in [-0.1, -0.05) is 46.8 Å². The van der Waals surface area contributed by atoms with Gasteiger partial charge in [-0.05, 0) is 143 Å². The van der Waals surface area contributed by atoms with Gasteiger partial charge in [0.2, 0.25) is 5.91 Å². The van der Waals surface area contributed by atoms with Gasteiger partial charge in [-0.2, -0.15) is 0 Å². The molecule has 8 nitrogen and oxygen atoms in total. The van der Waals surface area contributed by atoms with E-state index in [0.29, 0.717) is 53.8 Å². The Balaban J connectivity index is 1.23.